The Hall–Kier alpha value is -1.75. The highest BCUT2D eigenvalue weighted by molar-refractivity contribution is 5.67. The third-order valence-electron chi connectivity index (χ3n) is 3.12. The number of benzene rings is 1. The van der Waals surface area contributed by atoms with E-state index in [9.17, 15) is 4.79 Å². The van der Waals surface area contributed by atoms with Crippen molar-refractivity contribution in [3.05, 3.63) is 29.8 Å². The van der Waals surface area contributed by atoms with Gasteiger partial charge in [0.25, 0.3) is 0 Å². The van der Waals surface area contributed by atoms with E-state index in [1.54, 1.807) is 12.0 Å². The fraction of sp³-hybridized carbons (Fsp3) is 0.500. The van der Waals surface area contributed by atoms with Crippen molar-refractivity contribution >= 4 is 6.09 Å². The molecule has 0 bridgehead atoms. The first-order valence-corrected chi connectivity index (χ1v) is 6.55. The molecule has 1 aliphatic rings. The number of nitrogens with zero attached hydrogens (tertiary/aromatic N) is 1. The molecule has 19 heavy (non-hydrogen) atoms. The van der Waals surface area contributed by atoms with Crippen LogP contribution in [-0.2, 0) is 11.3 Å². The lowest BCUT2D eigenvalue weighted by Crippen LogP contribution is -2.34. The van der Waals surface area contributed by atoms with E-state index in [-0.39, 0.29) is 6.09 Å². The monoisotopic (exact) mass is 264 g/mol. The molecule has 1 aromatic rings. The standard InChI is InChI=1S/C14H20N2O3/c1-18-13-5-3-12(4-6-13)11-19-14(17)16-9-2-7-15-8-10-16/h3-6,15H,2,7-11H2,1H3. The topological polar surface area (TPSA) is 50.8 Å². The van der Waals surface area contributed by atoms with Crippen molar-refractivity contribution in [2.75, 3.05) is 33.3 Å². The van der Waals surface area contributed by atoms with E-state index in [0.29, 0.717) is 13.2 Å². The molecule has 104 valence electrons. The number of amides is 1. The van der Waals surface area contributed by atoms with Crippen LogP contribution >= 0.6 is 0 Å². The summed E-state index contributed by atoms with van der Waals surface area (Å²) in [5.41, 5.74) is 0.960. The Kier molecular flexibility index (Phi) is 5.03. The summed E-state index contributed by atoms with van der Waals surface area (Å²) in [6, 6.07) is 7.52. The summed E-state index contributed by atoms with van der Waals surface area (Å²) in [6.07, 6.45) is 0.733. The molecule has 1 fully saturated rings. The highest BCUT2D eigenvalue weighted by Gasteiger charge is 2.16. The Morgan fingerprint density at radius 2 is 2.05 bits per heavy atom. The number of methoxy groups -OCH3 is 1. The van der Waals surface area contributed by atoms with Gasteiger partial charge in [0.15, 0.2) is 0 Å². The van der Waals surface area contributed by atoms with Gasteiger partial charge in [-0.1, -0.05) is 12.1 Å². The smallest absolute Gasteiger partial charge is 0.410 e. The maximum absolute atomic E-state index is 11.9. The summed E-state index contributed by atoms with van der Waals surface area (Å²) in [6.45, 7) is 3.56. The van der Waals surface area contributed by atoms with Crippen LogP contribution in [0.1, 0.15) is 12.0 Å². The van der Waals surface area contributed by atoms with Gasteiger partial charge in [0.2, 0.25) is 0 Å². The highest BCUT2D eigenvalue weighted by Crippen LogP contribution is 2.12. The van der Waals surface area contributed by atoms with Crippen LogP contribution in [0.15, 0.2) is 24.3 Å². The molecule has 0 atom stereocenters. The molecule has 2 rings (SSSR count). The summed E-state index contributed by atoms with van der Waals surface area (Å²) >= 11 is 0. The van der Waals surface area contributed by atoms with Crippen LogP contribution in [0.5, 0.6) is 5.75 Å². The van der Waals surface area contributed by atoms with E-state index in [1.807, 2.05) is 24.3 Å². The second-order valence-electron chi connectivity index (χ2n) is 4.49. The van der Waals surface area contributed by atoms with Gasteiger partial charge in [0.1, 0.15) is 12.4 Å². The number of hydrogen-bond acceptors (Lipinski definition) is 4. The van der Waals surface area contributed by atoms with Crippen molar-refractivity contribution in [2.24, 2.45) is 0 Å². The van der Waals surface area contributed by atoms with Crippen LogP contribution in [0.25, 0.3) is 0 Å². The molecule has 1 heterocycles. The minimum Gasteiger partial charge on any atom is -0.497 e. The summed E-state index contributed by atoms with van der Waals surface area (Å²) < 4.78 is 10.4. The molecular weight excluding hydrogens is 244 g/mol. The Bertz CT molecular complexity index is 398. The number of carbonyl (C=O) groups is 1. The minimum atomic E-state index is -0.237. The third kappa shape index (κ3) is 4.13. The minimum absolute atomic E-state index is 0.237. The van der Waals surface area contributed by atoms with Crippen LogP contribution in [0, 0.1) is 0 Å². The van der Waals surface area contributed by atoms with Crippen molar-refractivity contribution in [1.29, 1.82) is 0 Å². The number of rotatable bonds is 3. The molecule has 0 saturated carbocycles. The quantitative estimate of drug-likeness (QED) is 0.901. The second-order valence-corrected chi connectivity index (χ2v) is 4.49. The predicted octanol–water partition coefficient (Wildman–Crippen LogP) is 1.63. The van der Waals surface area contributed by atoms with Crippen molar-refractivity contribution in [3.8, 4) is 5.75 Å². The predicted molar refractivity (Wildman–Crippen MR) is 72.2 cm³/mol. The normalized spacial score (nSPS) is 15.7. The van der Waals surface area contributed by atoms with E-state index in [1.165, 1.54) is 0 Å². The van der Waals surface area contributed by atoms with Crippen LogP contribution in [-0.4, -0.2) is 44.3 Å². The van der Waals surface area contributed by atoms with Crippen LogP contribution in [0.2, 0.25) is 0 Å². The average Bonchev–Trinajstić information content (AvgIpc) is 2.74. The fourth-order valence-corrected chi connectivity index (χ4v) is 1.99. The summed E-state index contributed by atoms with van der Waals surface area (Å²) in [4.78, 5) is 13.7. The Morgan fingerprint density at radius 1 is 1.26 bits per heavy atom. The summed E-state index contributed by atoms with van der Waals surface area (Å²) in [5.74, 6) is 0.800. The van der Waals surface area contributed by atoms with Gasteiger partial charge >= 0.3 is 6.09 Å². The molecule has 1 aliphatic heterocycles. The first-order chi connectivity index (χ1) is 9.29. The van der Waals surface area contributed by atoms with Gasteiger partial charge in [0.05, 0.1) is 7.11 Å². The van der Waals surface area contributed by atoms with Crippen LogP contribution in [0.4, 0.5) is 4.79 Å². The van der Waals surface area contributed by atoms with Gasteiger partial charge in [-0.25, -0.2) is 4.79 Å². The Balaban J connectivity index is 1.81. The molecule has 5 heteroatoms. The molecule has 0 aliphatic carbocycles. The maximum Gasteiger partial charge on any atom is 0.410 e. The molecule has 0 unspecified atom stereocenters. The third-order valence-corrected chi connectivity index (χ3v) is 3.12. The fourth-order valence-electron chi connectivity index (χ4n) is 1.99. The molecule has 1 aromatic carbocycles. The van der Waals surface area contributed by atoms with E-state index in [0.717, 1.165) is 37.4 Å². The molecule has 1 amide bonds. The van der Waals surface area contributed by atoms with Crippen molar-refractivity contribution in [3.63, 3.8) is 0 Å². The molecule has 1 N–H and O–H groups in total. The maximum atomic E-state index is 11.9. The van der Waals surface area contributed by atoms with Gasteiger partial charge in [0, 0.05) is 19.6 Å². The number of carbonyl (C=O) groups excluding carboxylic acids is 1. The van der Waals surface area contributed by atoms with Gasteiger partial charge in [-0.2, -0.15) is 0 Å². The molecule has 1 saturated heterocycles. The molecule has 0 radical (unpaired) electrons. The lowest BCUT2D eigenvalue weighted by atomic mass is 10.2. The van der Waals surface area contributed by atoms with Gasteiger partial charge in [-0.3, -0.25) is 0 Å². The lowest BCUT2D eigenvalue weighted by Gasteiger charge is -2.19. The van der Waals surface area contributed by atoms with Crippen LogP contribution < -0.4 is 10.1 Å². The molecule has 0 spiro atoms. The molecule has 0 aromatic heterocycles. The number of hydrogen-bond donors (Lipinski definition) is 1. The Morgan fingerprint density at radius 3 is 2.79 bits per heavy atom. The lowest BCUT2D eigenvalue weighted by molar-refractivity contribution is 0.0984. The van der Waals surface area contributed by atoms with Gasteiger partial charge in [-0.05, 0) is 30.7 Å². The van der Waals surface area contributed by atoms with E-state index < -0.39 is 0 Å². The first kappa shape index (κ1) is 13.7. The highest BCUT2D eigenvalue weighted by atomic mass is 16.6. The van der Waals surface area contributed by atoms with Gasteiger partial charge in [-0.15, -0.1) is 0 Å². The summed E-state index contributed by atoms with van der Waals surface area (Å²) in [7, 11) is 1.63. The zero-order valence-electron chi connectivity index (χ0n) is 11.2. The van der Waals surface area contributed by atoms with E-state index >= 15 is 0 Å². The molecule has 5 nitrogen and oxygen atoms in total. The number of ether oxygens (including phenoxy) is 2. The average molecular weight is 264 g/mol. The van der Waals surface area contributed by atoms with Gasteiger partial charge < -0.3 is 19.7 Å². The second kappa shape index (κ2) is 6.99. The molecular formula is C14H20N2O3. The first-order valence-electron chi connectivity index (χ1n) is 6.55. The Labute approximate surface area is 113 Å². The van der Waals surface area contributed by atoms with E-state index in [2.05, 4.69) is 5.32 Å². The number of nitrogens with one attached hydrogen (secondary N) is 1. The van der Waals surface area contributed by atoms with E-state index in [4.69, 9.17) is 9.47 Å². The van der Waals surface area contributed by atoms with Crippen molar-refractivity contribution in [1.82, 2.24) is 10.2 Å². The largest absolute Gasteiger partial charge is 0.497 e. The van der Waals surface area contributed by atoms with Crippen LogP contribution in [0.3, 0.4) is 0 Å². The zero-order valence-corrected chi connectivity index (χ0v) is 11.2. The van der Waals surface area contributed by atoms with Crippen molar-refractivity contribution in [2.45, 2.75) is 13.0 Å². The zero-order chi connectivity index (χ0) is 13.5. The van der Waals surface area contributed by atoms with Crippen molar-refractivity contribution < 1.29 is 14.3 Å². The summed E-state index contributed by atoms with van der Waals surface area (Å²) in [5, 5.41) is 3.26. The SMILES string of the molecule is COc1ccc(COC(=O)N2CCCNCC2)cc1.